The van der Waals surface area contributed by atoms with E-state index in [0.717, 1.165) is 31.0 Å². The predicted octanol–water partition coefficient (Wildman–Crippen LogP) is 2.08. The van der Waals surface area contributed by atoms with Crippen LogP contribution in [0.1, 0.15) is 32.1 Å². The number of nitrogens with one attached hydrogen (secondary N) is 1. The van der Waals surface area contributed by atoms with Gasteiger partial charge in [-0.25, -0.2) is 9.97 Å². The highest BCUT2D eigenvalue weighted by Gasteiger charge is 2.41. The quantitative estimate of drug-likeness (QED) is 0.871. The predicted molar refractivity (Wildman–Crippen MR) is 84.5 cm³/mol. The fourth-order valence-electron chi connectivity index (χ4n) is 4.08. The zero-order valence-electron chi connectivity index (χ0n) is 12.7. The third kappa shape index (κ3) is 2.02. The molecule has 5 nitrogen and oxygen atoms in total. The number of hydrogen-bond acceptors (Lipinski definition) is 4. The summed E-state index contributed by atoms with van der Waals surface area (Å²) < 4.78 is 2.08. The third-order valence-corrected chi connectivity index (χ3v) is 5.20. The maximum absolute atomic E-state index is 4.72. The van der Waals surface area contributed by atoms with Gasteiger partial charge in [0.05, 0.1) is 17.4 Å². The van der Waals surface area contributed by atoms with E-state index in [4.69, 9.17) is 4.98 Å². The van der Waals surface area contributed by atoms with Crippen molar-refractivity contribution < 1.29 is 0 Å². The van der Waals surface area contributed by atoms with E-state index in [9.17, 15) is 0 Å². The molecule has 112 valence electrons. The topological polar surface area (TPSA) is 46.0 Å². The van der Waals surface area contributed by atoms with Crippen LogP contribution in [0.15, 0.2) is 18.6 Å². The summed E-state index contributed by atoms with van der Waals surface area (Å²) in [7, 11) is 2.05. The van der Waals surface area contributed by atoms with E-state index in [1.54, 1.807) is 0 Å². The molecule has 3 heterocycles. The maximum atomic E-state index is 4.72. The molecule has 2 aromatic rings. The molecule has 1 aliphatic carbocycles. The molecule has 0 aromatic carbocycles. The van der Waals surface area contributed by atoms with Crippen LogP contribution in [0.5, 0.6) is 0 Å². The maximum Gasteiger partial charge on any atom is 0.157 e. The number of anilines is 1. The van der Waals surface area contributed by atoms with Gasteiger partial charge >= 0.3 is 0 Å². The zero-order valence-corrected chi connectivity index (χ0v) is 12.7. The summed E-state index contributed by atoms with van der Waals surface area (Å²) in [5.41, 5.74) is 2.46. The van der Waals surface area contributed by atoms with Crippen molar-refractivity contribution in [1.82, 2.24) is 19.9 Å². The monoisotopic (exact) mass is 285 g/mol. The number of nitrogens with zero attached hydrogens (tertiary/aromatic N) is 4. The van der Waals surface area contributed by atoms with E-state index in [1.807, 2.05) is 19.6 Å². The van der Waals surface area contributed by atoms with Gasteiger partial charge in [-0.1, -0.05) is 19.3 Å². The number of pyridine rings is 1. The molecule has 2 fully saturated rings. The molecule has 0 unspecified atom stereocenters. The van der Waals surface area contributed by atoms with Gasteiger partial charge < -0.3 is 14.8 Å². The molecule has 0 amide bonds. The van der Waals surface area contributed by atoms with Crippen LogP contribution in [0.3, 0.4) is 0 Å². The first-order chi connectivity index (χ1) is 10.3. The van der Waals surface area contributed by atoms with Gasteiger partial charge in [0, 0.05) is 32.9 Å². The van der Waals surface area contributed by atoms with Crippen molar-refractivity contribution in [2.75, 3.05) is 24.5 Å². The number of aromatic nitrogens is 3. The second-order valence-electron chi connectivity index (χ2n) is 6.47. The summed E-state index contributed by atoms with van der Waals surface area (Å²) in [6.07, 6.45) is 10.4. The highest BCUT2D eigenvalue weighted by Crippen LogP contribution is 2.38. The summed E-state index contributed by atoms with van der Waals surface area (Å²) in [6.45, 7) is 3.15. The van der Waals surface area contributed by atoms with Crippen molar-refractivity contribution in [3.63, 3.8) is 0 Å². The lowest BCUT2D eigenvalue weighted by Crippen LogP contribution is -2.62. The Labute approximate surface area is 125 Å². The second kappa shape index (κ2) is 4.98. The molecule has 1 N–H and O–H groups in total. The minimum atomic E-state index is 0.245. The first kappa shape index (κ1) is 13.1. The minimum absolute atomic E-state index is 0.245. The fourth-order valence-corrected chi connectivity index (χ4v) is 4.08. The van der Waals surface area contributed by atoms with Crippen molar-refractivity contribution in [2.45, 2.75) is 37.6 Å². The van der Waals surface area contributed by atoms with Gasteiger partial charge in [0.1, 0.15) is 5.52 Å². The van der Waals surface area contributed by atoms with Gasteiger partial charge in [0.25, 0.3) is 0 Å². The summed E-state index contributed by atoms with van der Waals surface area (Å²) in [6, 6.07) is 2.06. The van der Waals surface area contributed by atoms with Crippen LogP contribution < -0.4 is 10.2 Å². The van der Waals surface area contributed by atoms with Gasteiger partial charge in [-0.3, -0.25) is 0 Å². The van der Waals surface area contributed by atoms with E-state index < -0.39 is 0 Å². The number of rotatable bonds is 1. The molecule has 1 saturated carbocycles. The third-order valence-electron chi connectivity index (χ3n) is 5.20. The number of fused-ring (bicyclic) bond motifs is 1. The average molecular weight is 285 g/mol. The van der Waals surface area contributed by atoms with Crippen LogP contribution in [0.4, 0.5) is 5.82 Å². The molecule has 1 spiro atoms. The molecular weight excluding hydrogens is 262 g/mol. The summed E-state index contributed by atoms with van der Waals surface area (Å²) in [4.78, 5) is 11.9. The van der Waals surface area contributed by atoms with Crippen LogP contribution in [0, 0.1) is 0 Å². The van der Waals surface area contributed by atoms with Crippen molar-refractivity contribution in [3.8, 4) is 0 Å². The highest BCUT2D eigenvalue weighted by atomic mass is 15.3. The standard InChI is InChI=1S/C16H23N5/c1-20-12-19-14-13(20)5-8-18-15(14)21-10-9-17-11-16(21)6-3-2-4-7-16/h5,8,12,17H,2-4,6-7,9-11H2,1H3. The lowest BCUT2D eigenvalue weighted by molar-refractivity contribution is 0.240. The van der Waals surface area contributed by atoms with E-state index in [0.29, 0.717) is 0 Å². The van der Waals surface area contributed by atoms with Crippen molar-refractivity contribution in [2.24, 2.45) is 7.05 Å². The zero-order chi connectivity index (χ0) is 14.3. The van der Waals surface area contributed by atoms with E-state index in [-0.39, 0.29) is 5.54 Å². The Balaban J connectivity index is 1.81. The molecule has 21 heavy (non-hydrogen) atoms. The first-order valence-corrected chi connectivity index (χ1v) is 8.05. The van der Waals surface area contributed by atoms with Crippen molar-refractivity contribution in [1.29, 1.82) is 0 Å². The number of imidazole rings is 1. The van der Waals surface area contributed by atoms with E-state index >= 15 is 0 Å². The van der Waals surface area contributed by atoms with Crippen LogP contribution in [0.2, 0.25) is 0 Å². The molecule has 0 atom stereocenters. The average Bonchev–Trinajstić information content (AvgIpc) is 2.91. The summed E-state index contributed by atoms with van der Waals surface area (Å²) in [5, 5.41) is 3.60. The van der Waals surface area contributed by atoms with Crippen LogP contribution >= 0.6 is 0 Å². The van der Waals surface area contributed by atoms with Crippen molar-refractivity contribution in [3.05, 3.63) is 18.6 Å². The summed E-state index contributed by atoms with van der Waals surface area (Å²) in [5.74, 6) is 1.08. The van der Waals surface area contributed by atoms with Crippen LogP contribution in [-0.4, -0.2) is 39.7 Å². The molecular formula is C16H23N5. The minimum Gasteiger partial charge on any atom is -0.347 e. The van der Waals surface area contributed by atoms with Gasteiger partial charge in [-0.2, -0.15) is 0 Å². The SMILES string of the molecule is Cn1cnc2c(N3CCNCC34CCCCC4)nccc21. The van der Waals surface area contributed by atoms with Gasteiger partial charge in [0.2, 0.25) is 0 Å². The first-order valence-electron chi connectivity index (χ1n) is 8.05. The smallest absolute Gasteiger partial charge is 0.157 e. The second-order valence-corrected chi connectivity index (χ2v) is 6.47. The lowest BCUT2D eigenvalue weighted by atomic mass is 9.79. The molecule has 0 bridgehead atoms. The Hall–Kier alpha value is -1.62. The Bertz CT molecular complexity index is 633. The Morgan fingerprint density at radius 1 is 1.19 bits per heavy atom. The molecule has 2 aliphatic rings. The molecule has 2 aromatic heterocycles. The molecule has 0 radical (unpaired) electrons. The van der Waals surface area contributed by atoms with Crippen LogP contribution in [0.25, 0.3) is 11.0 Å². The molecule has 4 rings (SSSR count). The highest BCUT2D eigenvalue weighted by molar-refractivity contribution is 5.86. The lowest BCUT2D eigenvalue weighted by Gasteiger charge is -2.50. The largest absolute Gasteiger partial charge is 0.347 e. The molecule has 1 saturated heterocycles. The Morgan fingerprint density at radius 3 is 2.90 bits per heavy atom. The number of aryl methyl sites for hydroxylation is 1. The molecule has 1 aliphatic heterocycles. The van der Waals surface area contributed by atoms with Crippen molar-refractivity contribution >= 4 is 16.9 Å². The Morgan fingerprint density at radius 2 is 2.05 bits per heavy atom. The van der Waals surface area contributed by atoms with Gasteiger partial charge in [-0.15, -0.1) is 0 Å². The number of hydrogen-bond donors (Lipinski definition) is 1. The summed E-state index contributed by atoms with van der Waals surface area (Å²) >= 11 is 0. The van der Waals surface area contributed by atoms with E-state index in [1.165, 1.54) is 37.6 Å². The van der Waals surface area contributed by atoms with Crippen LogP contribution in [-0.2, 0) is 7.05 Å². The fraction of sp³-hybridized carbons (Fsp3) is 0.625. The van der Waals surface area contributed by atoms with Gasteiger partial charge in [-0.05, 0) is 18.9 Å². The molecule has 5 heteroatoms. The Kier molecular flexibility index (Phi) is 3.10. The number of piperazine rings is 1. The normalized spacial score (nSPS) is 22.0. The van der Waals surface area contributed by atoms with E-state index in [2.05, 4.69) is 25.8 Å². The van der Waals surface area contributed by atoms with Gasteiger partial charge in [0.15, 0.2) is 5.82 Å².